The van der Waals surface area contributed by atoms with Gasteiger partial charge in [0.2, 0.25) is 0 Å². The lowest BCUT2D eigenvalue weighted by atomic mass is 10.1. The van der Waals surface area contributed by atoms with Crippen LogP contribution in [0.2, 0.25) is 0 Å². The number of hydrogen-bond acceptors (Lipinski definition) is 4. The predicted molar refractivity (Wildman–Crippen MR) is 77.4 cm³/mol. The molecular formula is C13H8BrFN2O4. The molecule has 0 radical (unpaired) electrons. The molecule has 0 atom stereocenters. The molecule has 2 rings (SSSR count). The molecule has 0 spiro atoms. The van der Waals surface area contributed by atoms with Gasteiger partial charge in [0.15, 0.2) is 0 Å². The number of nitrogens with one attached hydrogen (secondary N) is 1. The Balaban J connectivity index is 2.45. The summed E-state index contributed by atoms with van der Waals surface area (Å²) in [4.78, 5) is 21.3. The zero-order chi connectivity index (χ0) is 15.6. The van der Waals surface area contributed by atoms with Crippen LogP contribution in [0.15, 0.2) is 40.9 Å². The van der Waals surface area contributed by atoms with Gasteiger partial charge in [-0.05, 0) is 46.3 Å². The van der Waals surface area contributed by atoms with Gasteiger partial charge in [0.25, 0.3) is 5.69 Å². The number of benzene rings is 2. The molecular weight excluding hydrogens is 347 g/mol. The summed E-state index contributed by atoms with van der Waals surface area (Å²) in [5.74, 6) is -1.68. The fraction of sp³-hybridized carbons (Fsp3) is 0. The van der Waals surface area contributed by atoms with Crippen molar-refractivity contribution >= 4 is 39.0 Å². The SMILES string of the molecule is O=C(O)c1ccc([N+](=O)[O-])c(Nc2ccc(F)c(Br)c2)c1. The van der Waals surface area contributed by atoms with E-state index in [2.05, 4.69) is 21.2 Å². The monoisotopic (exact) mass is 354 g/mol. The summed E-state index contributed by atoms with van der Waals surface area (Å²) in [5.41, 5.74) is 0.0250. The van der Waals surface area contributed by atoms with Crippen LogP contribution in [-0.2, 0) is 0 Å². The molecule has 0 aliphatic rings. The van der Waals surface area contributed by atoms with Crippen LogP contribution in [0.4, 0.5) is 21.5 Å². The molecule has 8 heteroatoms. The van der Waals surface area contributed by atoms with Gasteiger partial charge in [-0.1, -0.05) is 0 Å². The lowest BCUT2D eigenvalue weighted by Gasteiger charge is -2.08. The summed E-state index contributed by atoms with van der Waals surface area (Å²) in [5, 5.41) is 22.6. The third-order valence-corrected chi connectivity index (χ3v) is 3.25. The molecule has 2 aromatic rings. The molecule has 0 bridgehead atoms. The van der Waals surface area contributed by atoms with Crippen molar-refractivity contribution in [3.05, 3.63) is 62.4 Å². The molecule has 0 fully saturated rings. The second kappa shape index (κ2) is 5.88. The van der Waals surface area contributed by atoms with Crippen LogP contribution >= 0.6 is 15.9 Å². The Morgan fingerprint density at radius 1 is 1.29 bits per heavy atom. The highest BCUT2D eigenvalue weighted by Crippen LogP contribution is 2.30. The van der Waals surface area contributed by atoms with E-state index in [1.807, 2.05) is 0 Å². The lowest BCUT2D eigenvalue weighted by Crippen LogP contribution is -2.02. The Morgan fingerprint density at radius 3 is 2.57 bits per heavy atom. The fourth-order valence-electron chi connectivity index (χ4n) is 1.66. The molecule has 2 aromatic carbocycles. The van der Waals surface area contributed by atoms with Crippen LogP contribution in [0.3, 0.4) is 0 Å². The van der Waals surface area contributed by atoms with E-state index in [0.29, 0.717) is 5.69 Å². The smallest absolute Gasteiger partial charge is 0.335 e. The molecule has 0 saturated heterocycles. The summed E-state index contributed by atoms with van der Waals surface area (Å²) in [6.45, 7) is 0. The number of nitro groups is 1. The van der Waals surface area contributed by atoms with Gasteiger partial charge in [-0.2, -0.15) is 0 Å². The minimum atomic E-state index is -1.20. The Hall–Kier alpha value is -2.48. The van der Waals surface area contributed by atoms with E-state index in [1.54, 1.807) is 0 Å². The van der Waals surface area contributed by atoms with E-state index < -0.39 is 16.7 Å². The first kappa shape index (κ1) is 14.9. The highest BCUT2D eigenvalue weighted by molar-refractivity contribution is 9.10. The van der Waals surface area contributed by atoms with Crippen LogP contribution in [0.1, 0.15) is 10.4 Å². The number of carboxylic acid groups (broad SMARTS) is 1. The van der Waals surface area contributed by atoms with Crippen molar-refractivity contribution in [2.75, 3.05) is 5.32 Å². The molecule has 6 nitrogen and oxygen atoms in total. The fourth-order valence-corrected chi connectivity index (χ4v) is 2.04. The average molecular weight is 355 g/mol. The van der Waals surface area contributed by atoms with Crippen LogP contribution in [0.5, 0.6) is 0 Å². The number of hydrogen-bond donors (Lipinski definition) is 2. The van der Waals surface area contributed by atoms with Gasteiger partial charge in [0, 0.05) is 11.8 Å². The molecule has 0 aliphatic heterocycles. The van der Waals surface area contributed by atoms with Crippen molar-refractivity contribution < 1.29 is 19.2 Å². The van der Waals surface area contributed by atoms with E-state index in [-0.39, 0.29) is 21.4 Å². The number of rotatable bonds is 4. The zero-order valence-corrected chi connectivity index (χ0v) is 11.9. The minimum absolute atomic E-state index is 0.0124. The molecule has 0 unspecified atom stereocenters. The van der Waals surface area contributed by atoms with Gasteiger partial charge in [-0.15, -0.1) is 0 Å². The Bertz CT molecular complexity index is 736. The van der Waals surface area contributed by atoms with Gasteiger partial charge < -0.3 is 10.4 Å². The second-order valence-corrected chi connectivity index (χ2v) is 4.90. The van der Waals surface area contributed by atoms with Gasteiger partial charge in [-0.25, -0.2) is 9.18 Å². The topological polar surface area (TPSA) is 92.5 Å². The maximum absolute atomic E-state index is 13.2. The molecule has 0 saturated carbocycles. The molecule has 0 heterocycles. The number of halogens is 2. The van der Waals surface area contributed by atoms with Crippen molar-refractivity contribution in [2.24, 2.45) is 0 Å². The van der Waals surface area contributed by atoms with E-state index in [9.17, 15) is 19.3 Å². The first-order chi connectivity index (χ1) is 9.88. The normalized spacial score (nSPS) is 10.2. The van der Waals surface area contributed by atoms with Crippen LogP contribution in [-0.4, -0.2) is 16.0 Å². The van der Waals surface area contributed by atoms with Crippen molar-refractivity contribution in [1.29, 1.82) is 0 Å². The van der Waals surface area contributed by atoms with Crippen LogP contribution in [0, 0.1) is 15.9 Å². The molecule has 0 amide bonds. The number of anilines is 2. The maximum Gasteiger partial charge on any atom is 0.335 e. The number of carbonyl (C=O) groups is 1. The zero-order valence-electron chi connectivity index (χ0n) is 10.3. The number of carboxylic acids is 1. The second-order valence-electron chi connectivity index (χ2n) is 4.05. The summed E-state index contributed by atoms with van der Waals surface area (Å²) in [6.07, 6.45) is 0. The molecule has 0 aromatic heterocycles. The van der Waals surface area contributed by atoms with E-state index >= 15 is 0 Å². The number of aromatic carboxylic acids is 1. The van der Waals surface area contributed by atoms with Crippen molar-refractivity contribution in [2.45, 2.75) is 0 Å². The van der Waals surface area contributed by atoms with E-state index in [0.717, 1.165) is 18.2 Å². The Kier molecular flexibility index (Phi) is 4.18. The summed E-state index contributed by atoms with van der Waals surface area (Å²) < 4.78 is 13.3. The largest absolute Gasteiger partial charge is 0.478 e. The summed E-state index contributed by atoms with van der Waals surface area (Å²) in [6, 6.07) is 7.36. The maximum atomic E-state index is 13.2. The van der Waals surface area contributed by atoms with Gasteiger partial charge in [-0.3, -0.25) is 10.1 Å². The predicted octanol–water partition coefficient (Wildman–Crippen LogP) is 3.94. The third-order valence-electron chi connectivity index (χ3n) is 2.64. The van der Waals surface area contributed by atoms with Gasteiger partial charge >= 0.3 is 5.97 Å². The highest BCUT2D eigenvalue weighted by atomic mass is 79.9. The van der Waals surface area contributed by atoms with E-state index in [1.165, 1.54) is 18.2 Å². The summed E-state index contributed by atoms with van der Waals surface area (Å²) >= 11 is 3.00. The number of nitro benzene ring substituents is 1. The minimum Gasteiger partial charge on any atom is -0.478 e. The first-order valence-corrected chi connectivity index (χ1v) is 6.41. The Morgan fingerprint density at radius 2 is 2.00 bits per heavy atom. The molecule has 0 aliphatic carbocycles. The standard InChI is InChI=1S/C13H8BrFN2O4/c14-9-6-8(2-3-10(9)15)16-11-5-7(13(18)19)1-4-12(11)17(20)21/h1-6,16H,(H,18,19). The Labute approximate surface area is 126 Å². The van der Waals surface area contributed by atoms with Crippen molar-refractivity contribution in [3.63, 3.8) is 0 Å². The molecule has 21 heavy (non-hydrogen) atoms. The van der Waals surface area contributed by atoms with Crippen LogP contribution in [0.25, 0.3) is 0 Å². The number of nitrogens with zero attached hydrogens (tertiary/aromatic N) is 1. The summed E-state index contributed by atoms with van der Waals surface area (Å²) in [7, 11) is 0. The first-order valence-electron chi connectivity index (χ1n) is 5.62. The van der Waals surface area contributed by atoms with Crippen molar-refractivity contribution in [1.82, 2.24) is 0 Å². The molecule has 108 valence electrons. The molecule has 2 N–H and O–H groups in total. The quantitative estimate of drug-likeness (QED) is 0.640. The van der Waals surface area contributed by atoms with Gasteiger partial charge in [0.1, 0.15) is 11.5 Å². The van der Waals surface area contributed by atoms with E-state index in [4.69, 9.17) is 5.11 Å². The van der Waals surface area contributed by atoms with Crippen LogP contribution < -0.4 is 5.32 Å². The third kappa shape index (κ3) is 3.34. The average Bonchev–Trinajstić information content (AvgIpc) is 2.42. The lowest BCUT2D eigenvalue weighted by molar-refractivity contribution is -0.383. The highest BCUT2D eigenvalue weighted by Gasteiger charge is 2.17. The van der Waals surface area contributed by atoms with Crippen molar-refractivity contribution in [3.8, 4) is 0 Å². The van der Waals surface area contributed by atoms with Gasteiger partial charge in [0.05, 0.1) is 15.0 Å².